The lowest BCUT2D eigenvalue weighted by molar-refractivity contribution is 1.55. The van der Waals surface area contributed by atoms with Crippen LogP contribution in [0.3, 0.4) is 0 Å². The molecule has 0 aliphatic rings. The molecule has 4 aromatic carbocycles. The number of benzene rings is 3. The molecule has 4 rings (SSSR count). The van der Waals surface area contributed by atoms with Gasteiger partial charge in [0.15, 0.2) is 0 Å². The number of allylic oxidation sites excluding steroid dienone is 6. The molecule has 0 radical (unpaired) electrons. The smallest absolute Gasteiger partial charge is 0.0250 e. The predicted octanol–water partition coefficient (Wildman–Crippen LogP) is 7.96. The summed E-state index contributed by atoms with van der Waals surface area (Å²) in [6.07, 6.45) is 8.07. The molecule has 2 N–H and O–H groups in total. The zero-order chi connectivity index (χ0) is 27.1. The molecule has 38 heavy (non-hydrogen) atoms. The number of fused-ring (bicyclic) bond motifs is 2. The van der Waals surface area contributed by atoms with Crippen LogP contribution in [0, 0.1) is 10.8 Å². The SMILES string of the molecule is C=C(C=N)/C=C\C=C(/C(=C)C=N)c1c2ccccc2c(-c2ccc(=C)ccccc(=C)c2)c2ccccc12. The Morgan fingerprint density at radius 1 is 0.632 bits per heavy atom. The molecule has 0 unspecified atom stereocenters. The van der Waals surface area contributed by atoms with E-state index in [0.717, 1.165) is 54.2 Å². The second kappa shape index (κ2) is 11.8. The maximum absolute atomic E-state index is 8.00. The molecule has 0 atom stereocenters. The van der Waals surface area contributed by atoms with Crippen LogP contribution in [0.5, 0.6) is 0 Å². The standard InChI is InChI=1S/C36H30N2/c1-25-12-5-6-13-26(2)22-29(21-20-25)35-31-15-7-9-17-33(31)36(34-18-10-8-16-32(34)35)30(28(4)24-38)19-11-14-27(3)23-37/h5-24,37-38H,1-4H2/b12-5?,13-6?,14-11-,21-20?,29-22?,30-19+,37-23?,38-24?. The fraction of sp³-hybridized carbons (Fsp3) is 0. The van der Waals surface area contributed by atoms with Crippen molar-refractivity contribution in [1.29, 1.82) is 10.8 Å². The van der Waals surface area contributed by atoms with Crippen LogP contribution < -0.4 is 10.4 Å². The number of hydrogen-bond acceptors (Lipinski definition) is 2. The second-order valence-electron chi connectivity index (χ2n) is 8.97. The van der Waals surface area contributed by atoms with E-state index < -0.39 is 0 Å². The number of rotatable bonds is 7. The van der Waals surface area contributed by atoms with Crippen LogP contribution in [0.4, 0.5) is 0 Å². The molecule has 0 fully saturated rings. The Balaban J connectivity index is 2.20. The van der Waals surface area contributed by atoms with Crippen LogP contribution in [0.15, 0.2) is 134 Å². The van der Waals surface area contributed by atoms with E-state index in [1.807, 2.05) is 66.7 Å². The third-order valence-corrected chi connectivity index (χ3v) is 6.32. The van der Waals surface area contributed by atoms with E-state index in [-0.39, 0.29) is 0 Å². The zero-order valence-electron chi connectivity index (χ0n) is 21.4. The molecule has 0 bridgehead atoms. The molecule has 4 aromatic rings. The van der Waals surface area contributed by atoms with Crippen molar-refractivity contribution in [2.45, 2.75) is 0 Å². The molecule has 0 amide bonds. The third-order valence-electron chi connectivity index (χ3n) is 6.32. The van der Waals surface area contributed by atoms with Crippen molar-refractivity contribution in [3.8, 4) is 11.1 Å². The van der Waals surface area contributed by atoms with E-state index in [0.29, 0.717) is 11.1 Å². The Bertz CT molecular complexity index is 1760. The highest BCUT2D eigenvalue weighted by Gasteiger charge is 2.18. The summed E-state index contributed by atoms with van der Waals surface area (Å²) in [6, 6.07) is 30.8. The summed E-state index contributed by atoms with van der Waals surface area (Å²) in [4.78, 5) is 0. The van der Waals surface area contributed by atoms with Gasteiger partial charge < -0.3 is 10.8 Å². The van der Waals surface area contributed by atoms with E-state index in [9.17, 15) is 0 Å². The minimum absolute atomic E-state index is 0.589. The molecule has 2 heteroatoms. The van der Waals surface area contributed by atoms with Crippen LogP contribution in [-0.4, -0.2) is 12.4 Å². The minimum Gasteiger partial charge on any atom is -0.308 e. The average molecular weight is 491 g/mol. The Kier molecular flexibility index (Phi) is 8.05. The highest BCUT2D eigenvalue weighted by molar-refractivity contribution is 6.21. The first-order chi connectivity index (χ1) is 18.4. The Labute approximate surface area is 224 Å². The van der Waals surface area contributed by atoms with Crippen molar-refractivity contribution in [3.05, 3.63) is 150 Å². The van der Waals surface area contributed by atoms with Gasteiger partial charge in [-0.1, -0.05) is 129 Å². The topological polar surface area (TPSA) is 47.7 Å². The normalized spacial score (nSPS) is 11.3. The summed E-state index contributed by atoms with van der Waals surface area (Å²) in [6.45, 7) is 16.4. The molecule has 0 aromatic heterocycles. The van der Waals surface area contributed by atoms with Crippen molar-refractivity contribution < 1.29 is 0 Å². The molecule has 0 saturated heterocycles. The maximum atomic E-state index is 8.00. The lowest BCUT2D eigenvalue weighted by Gasteiger charge is -2.19. The van der Waals surface area contributed by atoms with E-state index in [1.54, 1.807) is 6.08 Å². The summed E-state index contributed by atoms with van der Waals surface area (Å²) in [5.41, 5.74) is 5.18. The monoisotopic (exact) mass is 490 g/mol. The molecular weight excluding hydrogens is 460 g/mol. The Morgan fingerprint density at radius 3 is 1.76 bits per heavy atom. The number of hydrogen-bond donors (Lipinski definition) is 2. The van der Waals surface area contributed by atoms with Gasteiger partial charge in [0.2, 0.25) is 0 Å². The van der Waals surface area contributed by atoms with Crippen molar-refractivity contribution in [1.82, 2.24) is 0 Å². The van der Waals surface area contributed by atoms with Crippen LogP contribution in [0.2, 0.25) is 0 Å². The van der Waals surface area contributed by atoms with Gasteiger partial charge in [-0.15, -0.1) is 0 Å². The Hall–Kier alpha value is -5.08. The second-order valence-corrected chi connectivity index (χ2v) is 8.97. The largest absolute Gasteiger partial charge is 0.308 e. The summed E-state index contributed by atoms with van der Waals surface area (Å²) in [5, 5.41) is 21.5. The van der Waals surface area contributed by atoms with Gasteiger partial charge in [0.05, 0.1) is 0 Å². The highest BCUT2D eigenvalue weighted by atomic mass is 14.3. The summed E-state index contributed by atoms with van der Waals surface area (Å²) >= 11 is 0. The van der Waals surface area contributed by atoms with Gasteiger partial charge in [-0.2, -0.15) is 0 Å². The lowest BCUT2D eigenvalue weighted by atomic mass is 9.84. The first-order valence-corrected chi connectivity index (χ1v) is 12.3. The van der Waals surface area contributed by atoms with Gasteiger partial charge in [0.1, 0.15) is 0 Å². The lowest BCUT2D eigenvalue weighted by Crippen LogP contribution is -1.98. The fourth-order valence-electron chi connectivity index (χ4n) is 4.54. The van der Waals surface area contributed by atoms with E-state index in [2.05, 4.69) is 62.7 Å². The molecule has 184 valence electrons. The van der Waals surface area contributed by atoms with Crippen LogP contribution in [0.25, 0.3) is 51.4 Å². The molecule has 0 heterocycles. The van der Waals surface area contributed by atoms with E-state index in [1.165, 1.54) is 12.4 Å². The fourth-order valence-corrected chi connectivity index (χ4v) is 4.54. The summed E-state index contributed by atoms with van der Waals surface area (Å²) < 4.78 is 0. The summed E-state index contributed by atoms with van der Waals surface area (Å²) in [7, 11) is 0. The first kappa shape index (κ1) is 26.0. The van der Waals surface area contributed by atoms with E-state index >= 15 is 0 Å². The maximum Gasteiger partial charge on any atom is 0.0250 e. The van der Waals surface area contributed by atoms with E-state index in [4.69, 9.17) is 10.8 Å². The predicted molar refractivity (Wildman–Crippen MR) is 168 cm³/mol. The zero-order valence-corrected chi connectivity index (χ0v) is 21.4. The van der Waals surface area contributed by atoms with Crippen molar-refractivity contribution in [2.75, 3.05) is 0 Å². The summed E-state index contributed by atoms with van der Waals surface area (Å²) in [5.74, 6) is 0. The van der Waals surface area contributed by atoms with Crippen molar-refractivity contribution >= 4 is 52.7 Å². The van der Waals surface area contributed by atoms with Gasteiger partial charge in [-0.3, -0.25) is 0 Å². The molecular formula is C36H30N2. The van der Waals surface area contributed by atoms with Gasteiger partial charge in [0, 0.05) is 12.4 Å². The molecule has 0 saturated carbocycles. The van der Waals surface area contributed by atoms with Crippen LogP contribution in [0.1, 0.15) is 5.56 Å². The van der Waals surface area contributed by atoms with Gasteiger partial charge >= 0.3 is 0 Å². The first-order valence-electron chi connectivity index (χ1n) is 12.3. The molecule has 2 nitrogen and oxygen atoms in total. The third kappa shape index (κ3) is 5.50. The van der Waals surface area contributed by atoms with Crippen molar-refractivity contribution in [2.24, 2.45) is 0 Å². The van der Waals surface area contributed by atoms with Gasteiger partial charge in [0.25, 0.3) is 0 Å². The van der Waals surface area contributed by atoms with Gasteiger partial charge in [-0.05, 0) is 71.5 Å². The Morgan fingerprint density at radius 2 is 1.18 bits per heavy atom. The van der Waals surface area contributed by atoms with Crippen LogP contribution in [-0.2, 0) is 0 Å². The number of nitrogens with one attached hydrogen (secondary N) is 2. The van der Waals surface area contributed by atoms with Gasteiger partial charge in [-0.25, -0.2) is 0 Å². The van der Waals surface area contributed by atoms with Crippen LogP contribution >= 0.6 is 0 Å². The molecule has 0 aliphatic carbocycles. The quantitative estimate of drug-likeness (QED) is 0.150. The highest BCUT2D eigenvalue weighted by Crippen LogP contribution is 2.42. The average Bonchev–Trinajstić information content (AvgIpc) is 2.94. The van der Waals surface area contributed by atoms with Crippen molar-refractivity contribution in [3.63, 3.8) is 0 Å². The molecule has 0 aliphatic heterocycles. The molecule has 0 spiro atoms. The minimum atomic E-state index is 0.589.